The summed E-state index contributed by atoms with van der Waals surface area (Å²) in [6.07, 6.45) is -4.54. The Kier molecular flexibility index (Phi) is 3.70. The fraction of sp³-hybridized carbons (Fsp3) is 0.0714. The highest BCUT2D eigenvalue weighted by Crippen LogP contribution is 2.34. The number of halogens is 5. The van der Waals surface area contributed by atoms with E-state index in [-0.39, 0.29) is 10.8 Å². The van der Waals surface area contributed by atoms with Crippen LogP contribution in [0.25, 0.3) is 10.2 Å². The molecule has 0 fully saturated rings. The number of aromatic nitrogens is 1. The Bertz CT molecular complexity index is 844. The average Bonchev–Trinajstić information content (AvgIpc) is 2.81. The normalized spacial score (nSPS) is 11.9. The molecule has 0 aliphatic rings. The molecule has 1 heterocycles. The zero-order valence-corrected chi connectivity index (χ0v) is 12.3. The predicted molar refractivity (Wildman–Crippen MR) is 79.3 cm³/mol. The second-order valence-electron chi connectivity index (χ2n) is 4.45. The Morgan fingerprint density at radius 2 is 1.86 bits per heavy atom. The molecule has 0 aliphatic heterocycles. The Labute approximate surface area is 131 Å². The van der Waals surface area contributed by atoms with Crippen molar-refractivity contribution in [3.8, 4) is 0 Å². The minimum Gasteiger partial charge on any atom is -0.329 e. The van der Waals surface area contributed by atoms with E-state index in [4.69, 9.17) is 11.6 Å². The summed E-state index contributed by atoms with van der Waals surface area (Å²) >= 11 is 7.03. The van der Waals surface area contributed by atoms with Gasteiger partial charge in [0, 0.05) is 5.02 Å². The maximum absolute atomic E-state index is 13.7. The lowest BCUT2D eigenvalue weighted by molar-refractivity contribution is -0.137. The molecular formula is C14H7ClF4N2S. The maximum atomic E-state index is 13.7. The number of alkyl halides is 3. The third kappa shape index (κ3) is 3.00. The summed E-state index contributed by atoms with van der Waals surface area (Å²) in [6.45, 7) is 0. The van der Waals surface area contributed by atoms with Crippen LogP contribution in [0.3, 0.4) is 0 Å². The van der Waals surface area contributed by atoms with Gasteiger partial charge in [0.05, 0.1) is 21.5 Å². The highest BCUT2D eigenvalue weighted by Gasteiger charge is 2.31. The summed E-state index contributed by atoms with van der Waals surface area (Å²) in [7, 11) is 0. The number of rotatable bonds is 2. The molecular weight excluding hydrogens is 340 g/mol. The van der Waals surface area contributed by atoms with Crippen LogP contribution in [-0.4, -0.2) is 4.98 Å². The van der Waals surface area contributed by atoms with Crippen LogP contribution in [0, 0.1) is 5.82 Å². The molecule has 1 aromatic heterocycles. The number of hydrogen-bond donors (Lipinski definition) is 1. The summed E-state index contributed by atoms with van der Waals surface area (Å²) in [5.74, 6) is -0.787. The van der Waals surface area contributed by atoms with Gasteiger partial charge in [0.1, 0.15) is 5.82 Å². The molecule has 3 aromatic rings. The minimum atomic E-state index is -4.54. The quantitative estimate of drug-likeness (QED) is 0.589. The minimum absolute atomic E-state index is 0.278. The van der Waals surface area contributed by atoms with Crippen LogP contribution in [0.2, 0.25) is 5.02 Å². The highest BCUT2D eigenvalue weighted by molar-refractivity contribution is 7.22. The standard InChI is InChI=1S/C14H7ClF4N2S/c15-8-2-4-10-12(6-8)22-13(20-10)21-11-5-7(14(17,18)19)1-3-9(11)16/h1-6H,(H,20,21). The molecule has 0 aliphatic carbocycles. The van der Waals surface area contributed by atoms with Crippen molar-refractivity contribution < 1.29 is 17.6 Å². The van der Waals surface area contributed by atoms with Crippen LogP contribution in [0.5, 0.6) is 0 Å². The number of anilines is 2. The van der Waals surface area contributed by atoms with Crippen LogP contribution in [-0.2, 0) is 6.18 Å². The van der Waals surface area contributed by atoms with Crippen LogP contribution >= 0.6 is 22.9 Å². The zero-order chi connectivity index (χ0) is 15.9. The molecule has 8 heteroatoms. The first kappa shape index (κ1) is 15.1. The van der Waals surface area contributed by atoms with Gasteiger partial charge in [0.2, 0.25) is 0 Å². The number of nitrogens with zero attached hydrogens (tertiary/aromatic N) is 1. The Morgan fingerprint density at radius 1 is 1.09 bits per heavy atom. The lowest BCUT2D eigenvalue weighted by Crippen LogP contribution is -2.06. The molecule has 0 saturated heterocycles. The molecule has 0 unspecified atom stereocenters. The van der Waals surface area contributed by atoms with Gasteiger partial charge in [-0.3, -0.25) is 0 Å². The molecule has 2 nitrogen and oxygen atoms in total. The molecule has 3 rings (SSSR count). The molecule has 114 valence electrons. The van der Waals surface area contributed by atoms with Crippen LogP contribution in [0.1, 0.15) is 5.56 Å². The third-order valence-corrected chi connectivity index (χ3v) is 4.05. The van der Waals surface area contributed by atoms with Crippen molar-refractivity contribution in [3.05, 3.63) is 52.8 Å². The number of benzene rings is 2. The van der Waals surface area contributed by atoms with E-state index >= 15 is 0 Å². The molecule has 0 spiro atoms. The summed E-state index contributed by atoms with van der Waals surface area (Å²) < 4.78 is 52.5. The lowest BCUT2D eigenvalue weighted by atomic mass is 10.2. The Morgan fingerprint density at radius 3 is 2.59 bits per heavy atom. The zero-order valence-electron chi connectivity index (χ0n) is 10.7. The van der Waals surface area contributed by atoms with Gasteiger partial charge in [0.25, 0.3) is 0 Å². The van der Waals surface area contributed by atoms with Crippen LogP contribution in [0.4, 0.5) is 28.4 Å². The fourth-order valence-electron chi connectivity index (χ4n) is 1.86. The van der Waals surface area contributed by atoms with Crippen molar-refractivity contribution in [3.63, 3.8) is 0 Å². The molecule has 22 heavy (non-hydrogen) atoms. The van der Waals surface area contributed by atoms with Gasteiger partial charge in [-0.25, -0.2) is 9.37 Å². The molecule has 2 aromatic carbocycles. The topological polar surface area (TPSA) is 24.9 Å². The van der Waals surface area contributed by atoms with E-state index in [0.717, 1.165) is 10.8 Å². The first-order valence-electron chi connectivity index (χ1n) is 6.03. The lowest BCUT2D eigenvalue weighted by Gasteiger charge is -2.10. The maximum Gasteiger partial charge on any atom is 0.416 e. The van der Waals surface area contributed by atoms with Crippen molar-refractivity contribution >= 4 is 44.0 Å². The van der Waals surface area contributed by atoms with Gasteiger partial charge in [-0.15, -0.1) is 0 Å². The first-order valence-corrected chi connectivity index (χ1v) is 7.22. The van der Waals surface area contributed by atoms with Gasteiger partial charge in [-0.05, 0) is 36.4 Å². The molecule has 0 saturated carbocycles. The van der Waals surface area contributed by atoms with Crippen molar-refractivity contribution in [1.82, 2.24) is 4.98 Å². The summed E-state index contributed by atoms with van der Waals surface area (Å²) in [5, 5.41) is 3.39. The summed E-state index contributed by atoms with van der Waals surface area (Å²) in [5.41, 5.74) is -0.579. The Hall–Kier alpha value is -1.86. The predicted octanol–water partition coefficient (Wildman–Crippen LogP) is 5.85. The average molecular weight is 347 g/mol. The van der Waals surface area contributed by atoms with Gasteiger partial charge >= 0.3 is 6.18 Å². The van der Waals surface area contributed by atoms with E-state index in [9.17, 15) is 17.6 Å². The van der Waals surface area contributed by atoms with E-state index < -0.39 is 17.6 Å². The van der Waals surface area contributed by atoms with Crippen molar-refractivity contribution in [2.24, 2.45) is 0 Å². The van der Waals surface area contributed by atoms with E-state index in [2.05, 4.69) is 10.3 Å². The third-order valence-electron chi connectivity index (χ3n) is 2.89. The van der Waals surface area contributed by atoms with E-state index in [0.29, 0.717) is 22.7 Å². The van der Waals surface area contributed by atoms with Crippen molar-refractivity contribution in [1.29, 1.82) is 0 Å². The van der Waals surface area contributed by atoms with Crippen molar-refractivity contribution in [2.75, 3.05) is 5.32 Å². The smallest absolute Gasteiger partial charge is 0.329 e. The van der Waals surface area contributed by atoms with Crippen molar-refractivity contribution in [2.45, 2.75) is 6.18 Å². The molecule has 0 atom stereocenters. The fourth-order valence-corrected chi connectivity index (χ4v) is 3.02. The number of thiazole rings is 1. The number of fused-ring (bicyclic) bond motifs is 1. The van der Waals surface area contributed by atoms with E-state index in [1.54, 1.807) is 18.2 Å². The second-order valence-corrected chi connectivity index (χ2v) is 5.92. The van der Waals surface area contributed by atoms with E-state index in [1.807, 2.05) is 0 Å². The summed E-state index contributed by atoms with van der Waals surface area (Å²) in [6, 6.07) is 7.20. The monoisotopic (exact) mass is 346 g/mol. The SMILES string of the molecule is Fc1ccc(C(F)(F)F)cc1Nc1nc2ccc(Cl)cc2s1. The number of hydrogen-bond acceptors (Lipinski definition) is 3. The molecule has 0 amide bonds. The second kappa shape index (κ2) is 5.40. The highest BCUT2D eigenvalue weighted by atomic mass is 35.5. The largest absolute Gasteiger partial charge is 0.416 e. The number of nitrogens with one attached hydrogen (secondary N) is 1. The van der Waals surface area contributed by atoms with Crippen LogP contribution < -0.4 is 5.32 Å². The van der Waals surface area contributed by atoms with Gasteiger partial charge in [-0.1, -0.05) is 22.9 Å². The Balaban J connectivity index is 1.97. The molecule has 1 N–H and O–H groups in total. The van der Waals surface area contributed by atoms with Gasteiger partial charge in [-0.2, -0.15) is 13.2 Å². The molecule has 0 bridgehead atoms. The van der Waals surface area contributed by atoms with E-state index in [1.165, 1.54) is 11.3 Å². The molecule has 0 radical (unpaired) electrons. The first-order chi connectivity index (χ1) is 10.3. The summed E-state index contributed by atoms with van der Waals surface area (Å²) in [4.78, 5) is 4.18. The van der Waals surface area contributed by atoms with Gasteiger partial charge in [0.15, 0.2) is 5.13 Å². The van der Waals surface area contributed by atoms with Crippen LogP contribution in [0.15, 0.2) is 36.4 Å². The van der Waals surface area contributed by atoms with Gasteiger partial charge < -0.3 is 5.32 Å².